The molecule has 252 valence electrons. The number of phenols is 1. The van der Waals surface area contributed by atoms with Gasteiger partial charge >= 0.3 is 11.9 Å². The first kappa shape index (κ1) is 33.3. The number of aromatic hydroxyl groups is 1. The molecule has 1 aromatic rings. The van der Waals surface area contributed by atoms with E-state index in [1.54, 1.807) is 30.3 Å². The molecule has 0 spiro atoms. The summed E-state index contributed by atoms with van der Waals surface area (Å²) < 4.78 is 5.81. The van der Waals surface area contributed by atoms with E-state index in [0.29, 0.717) is 12.8 Å². The van der Waals surface area contributed by atoms with Crippen LogP contribution in [0.1, 0.15) is 105 Å². The lowest BCUT2D eigenvalue weighted by molar-refractivity contribution is -0.245. The molecule has 0 aliphatic heterocycles. The van der Waals surface area contributed by atoms with Gasteiger partial charge < -0.3 is 25.2 Å². The minimum atomic E-state index is -1.02. The third-order valence-corrected chi connectivity index (χ3v) is 14.6. The fourth-order valence-corrected chi connectivity index (χ4v) is 11.8. The Labute approximate surface area is 274 Å². The summed E-state index contributed by atoms with van der Waals surface area (Å²) in [6.07, 6.45) is 10.7. The van der Waals surface area contributed by atoms with Crippen molar-refractivity contribution in [2.45, 2.75) is 112 Å². The highest BCUT2D eigenvalue weighted by Crippen LogP contribution is 2.75. The Morgan fingerprint density at radius 1 is 0.913 bits per heavy atom. The van der Waals surface area contributed by atoms with E-state index in [0.717, 1.165) is 50.5 Å². The van der Waals surface area contributed by atoms with Gasteiger partial charge in [-0.1, -0.05) is 65.3 Å². The number of benzene rings is 1. The lowest BCUT2D eigenvalue weighted by Gasteiger charge is -2.71. The normalized spacial score (nSPS) is 44.6. The van der Waals surface area contributed by atoms with Gasteiger partial charge in [-0.25, -0.2) is 4.79 Å². The molecular weight excluding hydrogens is 580 g/mol. The predicted octanol–water partition coefficient (Wildman–Crippen LogP) is 7.15. The summed E-state index contributed by atoms with van der Waals surface area (Å²) in [5, 5.41) is 43.1. The number of aliphatic carboxylic acids is 1. The molecule has 5 aliphatic rings. The molecule has 6 rings (SSSR count). The molecule has 1 aromatic carbocycles. The highest BCUT2D eigenvalue weighted by atomic mass is 16.5. The van der Waals surface area contributed by atoms with Gasteiger partial charge in [-0.05, 0) is 121 Å². The summed E-state index contributed by atoms with van der Waals surface area (Å²) in [5.41, 5.74) is 0.147. The van der Waals surface area contributed by atoms with Crippen molar-refractivity contribution in [1.29, 1.82) is 0 Å². The Hall–Kier alpha value is -2.64. The molecular formula is C39H54O7. The van der Waals surface area contributed by atoms with Crippen LogP contribution in [0.25, 0.3) is 6.08 Å². The quantitative estimate of drug-likeness (QED) is 0.154. The van der Waals surface area contributed by atoms with E-state index >= 15 is 0 Å². The van der Waals surface area contributed by atoms with Crippen molar-refractivity contribution in [3.63, 3.8) is 0 Å². The minimum absolute atomic E-state index is 0.00428. The van der Waals surface area contributed by atoms with Crippen molar-refractivity contribution in [1.82, 2.24) is 0 Å². The van der Waals surface area contributed by atoms with Gasteiger partial charge in [-0.3, -0.25) is 4.79 Å². The van der Waals surface area contributed by atoms with Gasteiger partial charge in [0.25, 0.3) is 0 Å². The summed E-state index contributed by atoms with van der Waals surface area (Å²) in [4.78, 5) is 25.8. The number of carboxylic acids is 1. The SMILES string of the molecule is CC1(C)CC[C@]2(C(=O)O)CC[C@]3(C)C(=CCC4[C@@]5(C)C[C@@H](O)[C@H](O)[C@@](C)(COC(=O)C=Cc6ccc(O)cc6)C5CC[C@]43C)C2C1. The fraction of sp³-hybridized carbons (Fsp3) is 0.692. The molecule has 0 amide bonds. The topological polar surface area (TPSA) is 124 Å². The van der Waals surface area contributed by atoms with Crippen LogP contribution in [0.15, 0.2) is 42.0 Å². The molecule has 4 saturated carbocycles. The maximum absolute atomic E-state index is 12.9. The van der Waals surface area contributed by atoms with Gasteiger partial charge in [-0.2, -0.15) is 0 Å². The molecule has 46 heavy (non-hydrogen) atoms. The van der Waals surface area contributed by atoms with Gasteiger partial charge in [-0.15, -0.1) is 0 Å². The van der Waals surface area contributed by atoms with Crippen molar-refractivity contribution < 1.29 is 34.8 Å². The molecule has 5 aliphatic carbocycles. The number of aliphatic hydroxyl groups excluding tert-OH is 2. The van der Waals surface area contributed by atoms with E-state index in [9.17, 15) is 30.0 Å². The number of carbonyl (C=O) groups excluding carboxylic acids is 1. The van der Waals surface area contributed by atoms with E-state index < -0.39 is 35.0 Å². The van der Waals surface area contributed by atoms with Crippen LogP contribution in [0.3, 0.4) is 0 Å². The number of aliphatic hydroxyl groups is 2. The number of ether oxygens (including phenoxy) is 1. The van der Waals surface area contributed by atoms with Crippen molar-refractivity contribution >= 4 is 18.0 Å². The summed E-state index contributed by atoms with van der Waals surface area (Å²) in [6.45, 7) is 13.7. The molecule has 0 heterocycles. The van der Waals surface area contributed by atoms with Crippen LogP contribution >= 0.6 is 0 Å². The van der Waals surface area contributed by atoms with E-state index in [1.165, 1.54) is 11.6 Å². The highest BCUT2D eigenvalue weighted by molar-refractivity contribution is 5.87. The Kier molecular flexibility index (Phi) is 7.92. The standard InChI is InChI=1S/C39H54O7/c1-34(2)17-19-39(33(44)45)20-18-37(5)26(27(39)21-34)12-13-30-35(3)22-28(41)32(43)36(4,29(35)15-16-38(30,37)6)23-46-31(42)14-9-24-7-10-25(40)11-8-24/h7-12,14,27-30,32,40-41,43H,13,15-23H2,1-6H3,(H,44,45)/t27?,28-,29?,30?,32+,35+,36+,37-,38-,39+/m1/s1. The zero-order valence-electron chi connectivity index (χ0n) is 28.5. The predicted molar refractivity (Wildman–Crippen MR) is 176 cm³/mol. The number of esters is 1. The fourth-order valence-electron chi connectivity index (χ4n) is 11.8. The number of fused-ring (bicyclic) bond motifs is 7. The van der Waals surface area contributed by atoms with Crippen LogP contribution in [0.5, 0.6) is 5.75 Å². The smallest absolute Gasteiger partial charge is 0.330 e. The first-order valence-corrected chi connectivity index (χ1v) is 17.4. The first-order chi connectivity index (χ1) is 21.4. The number of rotatable bonds is 5. The average Bonchev–Trinajstić information content (AvgIpc) is 2.98. The highest BCUT2D eigenvalue weighted by Gasteiger charge is 2.70. The molecule has 10 atom stereocenters. The summed E-state index contributed by atoms with van der Waals surface area (Å²) in [7, 11) is 0. The Morgan fingerprint density at radius 3 is 2.26 bits per heavy atom. The van der Waals surface area contributed by atoms with Crippen LogP contribution in [-0.2, 0) is 14.3 Å². The molecule has 0 saturated heterocycles. The van der Waals surface area contributed by atoms with Crippen molar-refractivity contribution in [2.75, 3.05) is 6.61 Å². The Balaban J connectivity index is 1.30. The zero-order valence-corrected chi connectivity index (χ0v) is 28.5. The third kappa shape index (κ3) is 4.81. The van der Waals surface area contributed by atoms with Gasteiger partial charge in [0.1, 0.15) is 5.75 Å². The van der Waals surface area contributed by atoms with E-state index in [4.69, 9.17) is 4.74 Å². The van der Waals surface area contributed by atoms with Crippen molar-refractivity contribution in [3.8, 4) is 5.75 Å². The van der Waals surface area contributed by atoms with E-state index in [2.05, 4.69) is 40.7 Å². The maximum Gasteiger partial charge on any atom is 0.330 e. The zero-order chi connectivity index (χ0) is 33.5. The van der Waals surface area contributed by atoms with Gasteiger partial charge in [0.2, 0.25) is 0 Å². The van der Waals surface area contributed by atoms with Crippen LogP contribution in [-0.4, -0.2) is 51.2 Å². The molecule has 4 fully saturated rings. The number of carboxylic acid groups (broad SMARTS) is 1. The molecule has 3 unspecified atom stereocenters. The number of phenolic OH excluding ortho intramolecular Hbond substituents is 1. The Morgan fingerprint density at radius 2 is 1.59 bits per heavy atom. The largest absolute Gasteiger partial charge is 0.508 e. The average molecular weight is 635 g/mol. The molecule has 7 heteroatoms. The number of hydrogen-bond acceptors (Lipinski definition) is 6. The van der Waals surface area contributed by atoms with Crippen LogP contribution in [0.2, 0.25) is 0 Å². The lowest BCUT2D eigenvalue weighted by atomic mass is 9.33. The second-order valence-electron chi connectivity index (χ2n) is 17.4. The first-order valence-electron chi connectivity index (χ1n) is 17.4. The number of allylic oxidation sites excluding steroid dienone is 2. The van der Waals surface area contributed by atoms with Gasteiger partial charge in [0.15, 0.2) is 0 Å². The summed E-state index contributed by atoms with van der Waals surface area (Å²) in [6, 6.07) is 6.53. The molecule has 0 aromatic heterocycles. The second kappa shape index (κ2) is 10.9. The van der Waals surface area contributed by atoms with Crippen molar-refractivity contribution in [3.05, 3.63) is 47.6 Å². The lowest BCUT2D eigenvalue weighted by Crippen LogP contribution is -2.68. The van der Waals surface area contributed by atoms with Gasteiger partial charge in [0.05, 0.1) is 24.2 Å². The van der Waals surface area contributed by atoms with Crippen LogP contribution in [0, 0.1) is 50.2 Å². The molecule has 0 bridgehead atoms. The van der Waals surface area contributed by atoms with E-state index in [1.807, 2.05) is 6.92 Å². The molecule has 7 nitrogen and oxygen atoms in total. The maximum atomic E-state index is 12.9. The second-order valence-corrected chi connectivity index (χ2v) is 17.4. The monoisotopic (exact) mass is 634 g/mol. The van der Waals surface area contributed by atoms with Crippen LogP contribution in [0.4, 0.5) is 0 Å². The van der Waals surface area contributed by atoms with Crippen LogP contribution < -0.4 is 0 Å². The number of hydrogen-bond donors (Lipinski definition) is 4. The van der Waals surface area contributed by atoms with Gasteiger partial charge in [0, 0.05) is 11.5 Å². The van der Waals surface area contributed by atoms with Crippen molar-refractivity contribution in [2.24, 2.45) is 50.2 Å². The minimum Gasteiger partial charge on any atom is -0.508 e. The van der Waals surface area contributed by atoms with E-state index in [-0.39, 0.29) is 51.8 Å². The summed E-state index contributed by atoms with van der Waals surface area (Å²) >= 11 is 0. The number of carbonyl (C=O) groups is 2. The third-order valence-electron chi connectivity index (χ3n) is 14.6. The molecule has 0 radical (unpaired) electrons. The Bertz CT molecular complexity index is 1440. The summed E-state index contributed by atoms with van der Waals surface area (Å²) in [5.74, 6) is -0.702. The molecule has 4 N–H and O–H groups in total.